The van der Waals surface area contributed by atoms with E-state index in [0.29, 0.717) is 19.5 Å². The summed E-state index contributed by atoms with van der Waals surface area (Å²) in [4.78, 5) is 24.4. The minimum Gasteiger partial charge on any atom is -0.481 e. The minimum atomic E-state index is -0.836. The van der Waals surface area contributed by atoms with E-state index in [1.165, 1.54) is 0 Å². The zero-order chi connectivity index (χ0) is 15.1. The molecule has 0 aromatic heterocycles. The highest BCUT2D eigenvalue weighted by Crippen LogP contribution is 2.19. The van der Waals surface area contributed by atoms with Crippen LogP contribution in [0, 0.1) is 0 Å². The maximum atomic E-state index is 12.1. The maximum absolute atomic E-state index is 12.1. The quantitative estimate of drug-likeness (QED) is 0.769. The van der Waals surface area contributed by atoms with Crippen molar-refractivity contribution in [1.29, 1.82) is 0 Å². The van der Waals surface area contributed by atoms with E-state index in [2.05, 4.69) is 0 Å². The first kappa shape index (κ1) is 16.2. The molecule has 0 radical (unpaired) electrons. The van der Waals surface area contributed by atoms with Crippen LogP contribution in [0.25, 0.3) is 0 Å². The van der Waals surface area contributed by atoms with Gasteiger partial charge in [0.2, 0.25) is 5.91 Å². The van der Waals surface area contributed by atoms with Crippen molar-refractivity contribution in [1.82, 2.24) is 4.90 Å². The van der Waals surface area contributed by atoms with Crippen molar-refractivity contribution in [3.63, 3.8) is 0 Å². The topological polar surface area (TPSA) is 76.1 Å². The lowest BCUT2D eigenvalue weighted by atomic mass is 10.1. The van der Waals surface area contributed by atoms with Gasteiger partial charge in [0.25, 0.3) is 0 Å². The van der Waals surface area contributed by atoms with Gasteiger partial charge in [-0.3, -0.25) is 9.59 Å². The van der Waals surface area contributed by atoms with E-state index in [9.17, 15) is 9.59 Å². The standard InChI is InChI=1S/C15H25NO5/c17-14(4-3-12-2-1-10-20-12)16-8-5-13(6-9-16)21-11-7-15(18)19/h12-13H,1-11H2,(H,18,19). The Bertz CT molecular complexity index is 346. The van der Waals surface area contributed by atoms with Crippen molar-refractivity contribution >= 4 is 11.9 Å². The predicted molar refractivity (Wildman–Crippen MR) is 76.0 cm³/mol. The first-order valence-corrected chi connectivity index (χ1v) is 7.88. The number of carboxylic acids is 1. The highest BCUT2D eigenvalue weighted by molar-refractivity contribution is 5.76. The molecular weight excluding hydrogens is 274 g/mol. The summed E-state index contributed by atoms with van der Waals surface area (Å²) in [7, 11) is 0. The van der Waals surface area contributed by atoms with Gasteiger partial charge in [0.1, 0.15) is 0 Å². The Morgan fingerprint density at radius 3 is 2.57 bits per heavy atom. The largest absolute Gasteiger partial charge is 0.481 e. The number of hydrogen-bond acceptors (Lipinski definition) is 4. The first-order chi connectivity index (χ1) is 10.1. The highest BCUT2D eigenvalue weighted by atomic mass is 16.5. The van der Waals surface area contributed by atoms with Gasteiger partial charge in [-0.2, -0.15) is 0 Å². The van der Waals surface area contributed by atoms with E-state index in [0.717, 1.165) is 38.7 Å². The highest BCUT2D eigenvalue weighted by Gasteiger charge is 2.24. The molecule has 0 bridgehead atoms. The summed E-state index contributed by atoms with van der Waals surface area (Å²) >= 11 is 0. The molecule has 1 unspecified atom stereocenters. The molecule has 6 nitrogen and oxygen atoms in total. The second kappa shape index (κ2) is 8.34. The van der Waals surface area contributed by atoms with Crippen LogP contribution >= 0.6 is 0 Å². The molecule has 1 N–H and O–H groups in total. The third-order valence-electron chi connectivity index (χ3n) is 4.17. The number of aliphatic carboxylic acids is 1. The van der Waals surface area contributed by atoms with Crippen molar-refractivity contribution in [2.24, 2.45) is 0 Å². The second-order valence-electron chi connectivity index (χ2n) is 5.77. The fourth-order valence-electron chi connectivity index (χ4n) is 2.90. The van der Waals surface area contributed by atoms with Crippen molar-refractivity contribution in [3.8, 4) is 0 Å². The molecule has 2 rings (SSSR count). The van der Waals surface area contributed by atoms with Gasteiger partial charge in [0.15, 0.2) is 0 Å². The molecule has 0 spiro atoms. The SMILES string of the molecule is O=C(O)CCOC1CCN(C(=O)CCC2CCCO2)CC1. The molecule has 2 heterocycles. The smallest absolute Gasteiger partial charge is 0.305 e. The summed E-state index contributed by atoms with van der Waals surface area (Å²) in [6.07, 6.45) is 5.57. The molecule has 0 saturated carbocycles. The van der Waals surface area contributed by atoms with Gasteiger partial charge < -0.3 is 19.5 Å². The summed E-state index contributed by atoms with van der Waals surface area (Å²) in [6, 6.07) is 0. The zero-order valence-corrected chi connectivity index (χ0v) is 12.5. The number of amides is 1. The lowest BCUT2D eigenvalue weighted by Crippen LogP contribution is -2.41. The third-order valence-corrected chi connectivity index (χ3v) is 4.17. The normalized spacial score (nSPS) is 23.4. The van der Waals surface area contributed by atoms with Crippen molar-refractivity contribution in [2.45, 2.75) is 57.2 Å². The molecular formula is C15H25NO5. The van der Waals surface area contributed by atoms with Gasteiger partial charge >= 0.3 is 5.97 Å². The van der Waals surface area contributed by atoms with Crippen LogP contribution in [0.3, 0.4) is 0 Å². The number of piperidine rings is 1. The third kappa shape index (κ3) is 5.63. The molecule has 0 aliphatic carbocycles. The monoisotopic (exact) mass is 299 g/mol. The molecule has 1 amide bonds. The Kier molecular flexibility index (Phi) is 6.45. The Hall–Kier alpha value is -1.14. The molecule has 2 aliphatic heterocycles. The molecule has 21 heavy (non-hydrogen) atoms. The molecule has 2 saturated heterocycles. The molecule has 2 fully saturated rings. The Morgan fingerprint density at radius 1 is 1.19 bits per heavy atom. The lowest BCUT2D eigenvalue weighted by Gasteiger charge is -2.32. The van der Waals surface area contributed by atoms with Crippen molar-refractivity contribution < 1.29 is 24.2 Å². The summed E-state index contributed by atoms with van der Waals surface area (Å²) in [5.41, 5.74) is 0. The van der Waals surface area contributed by atoms with Crippen molar-refractivity contribution in [3.05, 3.63) is 0 Å². The van der Waals surface area contributed by atoms with Gasteiger partial charge in [-0.25, -0.2) is 0 Å². The average molecular weight is 299 g/mol. The van der Waals surface area contributed by atoms with Crippen LogP contribution in [-0.4, -0.2) is 60.4 Å². The zero-order valence-electron chi connectivity index (χ0n) is 12.5. The van der Waals surface area contributed by atoms with Gasteiger partial charge in [0, 0.05) is 26.1 Å². The summed E-state index contributed by atoms with van der Waals surface area (Å²) < 4.78 is 11.1. The molecule has 6 heteroatoms. The summed E-state index contributed by atoms with van der Waals surface area (Å²) in [6.45, 7) is 2.51. The van der Waals surface area contributed by atoms with Crippen LogP contribution in [-0.2, 0) is 19.1 Å². The van der Waals surface area contributed by atoms with Crippen LogP contribution in [0.5, 0.6) is 0 Å². The number of carbonyl (C=O) groups is 2. The van der Waals surface area contributed by atoms with Crippen LogP contribution in [0.1, 0.15) is 44.9 Å². The number of likely N-dealkylation sites (tertiary alicyclic amines) is 1. The van der Waals surface area contributed by atoms with E-state index >= 15 is 0 Å². The van der Waals surface area contributed by atoms with Crippen LogP contribution < -0.4 is 0 Å². The van der Waals surface area contributed by atoms with E-state index in [1.807, 2.05) is 4.90 Å². The number of rotatable bonds is 7. The fraction of sp³-hybridized carbons (Fsp3) is 0.867. The van der Waals surface area contributed by atoms with Crippen molar-refractivity contribution in [2.75, 3.05) is 26.3 Å². The summed E-state index contributed by atoms with van der Waals surface area (Å²) in [5, 5.41) is 8.56. The number of carboxylic acid groups (broad SMARTS) is 1. The lowest BCUT2D eigenvalue weighted by molar-refractivity contribution is -0.139. The van der Waals surface area contributed by atoms with Crippen LogP contribution in [0.4, 0.5) is 0 Å². The number of hydrogen-bond donors (Lipinski definition) is 1. The summed E-state index contributed by atoms with van der Waals surface area (Å²) in [5.74, 6) is -0.633. The molecule has 1 atom stereocenters. The minimum absolute atomic E-state index is 0.0422. The first-order valence-electron chi connectivity index (χ1n) is 7.88. The predicted octanol–water partition coefficient (Wildman–Crippen LogP) is 1.43. The van der Waals surface area contributed by atoms with E-state index in [1.54, 1.807) is 0 Å². The van der Waals surface area contributed by atoms with Gasteiger partial charge in [0.05, 0.1) is 25.2 Å². The van der Waals surface area contributed by atoms with Gasteiger partial charge in [-0.1, -0.05) is 0 Å². The van der Waals surface area contributed by atoms with Gasteiger partial charge in [-0.05, 0) is 32.1 Å². The van der Waals surface area contributed by atoms with Crippen LogP contribution in [0.15, 0.2) is 0 Å². The average Bonchev–Trinajstić information content (AvgIpc) is 2.98. The van der Waals surface area contributed by atoms with Crippen LogP contribution in [0.2, 0.25) is 0 Å². The molecule has 0 aromatic carbocycles. The fourth-order valence-corrected chi connectivity index (χ4v) is 2.90. The molecule has 0 aromatic rings. The number of ether oxygens (including phenoxy) is 2. The Morgan fingerprint density at radius 2 is 1.95 bits per heavy atom. The second-order valence-corrected chi connectivity index (χ2v) is 5.77. The van der Waals surface area contributed by atoms with E-state index in [4.69, 9.17) is 14.6 Å². The maximum Gasteiger partial charge on any atom is 0.305 e. The Labute approximate surface area is 125 Å². The van der Waals surface area contributed by atoms with E-state index < -0.39 is 5.97 Å². The number of nitrogens with zero attached hydrogens (tertiary/aromatic N) is 1. The molecule has 120 valence electrons. The van der Waals surface area contributed by atoms with Gasteiger partial charge in [-0.15, -0.1) is 0 Å². The number of carbonyl (C=O) groups excluding carboxylic acids is 1. The molecule has 2 aliphatic rings. The Balaban J connectivity index is 1.59. The van der Waals surface area contributed by atoms with E-state index in [-0.39, 0.29) is 31.1 Å².